The van der Waals surface area contributed by atoms with E-state index in [1.54, 1.807) is 0 Å². The molecule has 1 aliphatic rings. The van der Waals surface area contributed by atoms with Crippen LogP contribution in [-0.4, -0.2) is 30.1 Å². The fraction of sp³-hybridized carbons (Fsp3) is 0.364. The van der Waals surface area contributed by atoms with Crippen molar-refractivity contribution in [3.63, 3.8) is 0 Å². The van der Waals surface area contributed by atoms with Crippen molar-refractivity contribution in [1.29, 1.82) is 0 Å². The van der Waals surface area contributed by atoms with Gasteiger partial charge in [-0.3, -0.25) is 0 Å². The third-order valence-corrected chi connectivity index (χ3v) is 4.33. The number of carboxylic acid groups (broad SMARTS) is 1. The van der Waals surface area contributed by atoms with Gasteiger partial charge in [0.1, 0.15) is 10.6 Å². The number of nitrogens with one attached hydrogen (secondary N) is 1. The van der Waals surface area contributed by atoms with E-state index >= 15 is 0 Å². The fourth-order valence-electron chi connectivity index (χ4n) is 1.89. The third kappa shape index (κ3) is 2.46. The Hall–Kier alpha value is -1.60. The zero-order valence-electron chi connectivity index (χ0n) is 9.83. The molecule has 1 aromatic rings. The maximum Gasteiger partial charge on any atom is 0.352 e. The number of carbonyl (C=O) groups is 1. The number of carboxylic acids is 1. The summed E-state index contributed by atoms with van der Waals surface area (Å²) in [5, 5.41) is 8.88. The van der Waals surface area contributed by atoms with E-state index < -0.39 is 16.0 Å². The molecular weight excluding hydrogens is 256 g/mol. The molecule has 2 N–H and O–H groups in total. The Labute approximate surface area is 105 Å². The Bertz CT molecular complexity index is 593. The summed E-state index contributed by atoms with van der Waals surface area (Å²) >= 11 is 0. The molecule has 0 fully saturated rings. The summed E-state index contributed by atoms with van der Waals surface area (Å²) in [5.74, 6) is -1.15. The third-order valence-electron chi connectivity index (χ3n) is 2.84. The van der Waals surface area contributed by atoms with Crippen LogP contribution in [0.1, 0.15) is 23.3 Å². The van der Waals surface area contributed by atoms with Crippen molar-refractivity contribution < 1.29 is 18.3 Å². The molecule has 0 unspecified atom stereocenters. The minimum absolute atomic E-state index is 0.0192. The Morgan fingerprint density at radius 3 is 2.56 bits per heavy atom. The molecule has 0 amide bonds. The smallest absolute Gasteiger partial charge is 0.352 e. The van der Waals surface area contributed by atoms with Crippen LogP contribution in [-0.2, 0) is 17.1 Å². The fourth-order valence-corrected chi connectivity index (χ4v) is 3.23. The van der Waals surface area contributed by atoms with Crippen molar-refractivity contribution >= 4 is 16.0 Å². The lowest BCUT2D eigenvalue weighted by molar-refractivity contribution is 0.0686. The van der Waals surface area contributed by atoms with Gasteiger partial charge in [-0.1, -0.05) is 12.2 Å². The molecule has 0 radical (unpaired) electrons. The SMILES string of the molecule is Cn1cc(S(=O)(=O)NC2CC=CC2)cc1C(=O)O. The van der Waals surface area contributed by atoms with Gasteiger partial charge >= 0.3 is 5.97 Å². The van der Waals surface area contributed by atoms with Gasteiger partial charge < -0.3 is 9.67 Å². The number of aromatic carboxylic acids is 1. The molecule has 0 bridgehead atoms. The molecule has 1 aromatic heterocycles. The van der Waals surface area contributed by atoms with Gasteiger partial charge in [-0.25, -0.2) is 17.9 Å². The summed E-state index contributed by atoms with van der Waals surface area (Å²) in [6, 6.07) is 1.02. The van der Waals surface area contributed by atoms with Crippen LogP contribution in [0.15, 0.2) is 29.3 Å². The summed E-state index contributed by atoms with van der Waals surface area (Å²) < 4.78 is 27.9. The lowest BCUT2D eigenvalue weighted by Crippen LogP contribution is -2.32. The molecule has 2 rings (SSSR count). The largest absolute Gasteiger partial charge is 0.477 e. The number of nitrogens with zero attached hydrogens (tertiary/aromatic N) is 1. The summed E-state index contributed by atoms with van der Waals surface area (Å²) in [7, 11) is -2.15. The van der Waals surface area contributed by atoms with E-state index in [9.17, 15) is 13.2 Å². The predicted molar refractivity (Wildman–Crippen MR) is 64.9 cm³/mol. The highest BCUT2D eigenvalue weighted by Gasteiger charge is 2.23. The lowest BCUT2D eigenvalue weighted by Gasteiger charge is -2.11. The molecule has 1 aliphatic carbocycles. The van der Waals surface area contributed by atoms with E-state index in [-0.39, 0.29) is 16.6 Å². The summed E-state index contributed by atoms with van der Waals surface area (Å²) in [4.78, 5) is 10.8. The van der Waals surface area contributed by atoms with Gasteiger partial charge in [0.25, 0.3) is 0 Å². The van der Waals surface area contributed by atoms with Crippen LogP contribution in [0.3, 0.4) is 0 Å². The van der Waals surface area contributed by atoms with Gasteiger partial charge in [0, 0.05) is 19.3 Å². The first kappa shape index (κ1) is 12.8. The summed E-state index contributed by atoms with van der Waals surface area (Å²) in [6.45, 7) is 0. The Morgan fingerprint density at radius 1 is 1.44 bits per heavy atom. The average molecular weight is 270 g/mol. The van der Waals surface area contributed by atoms with E-state index in [4.69, 9.17) is 5.11 Å². The quantitative estimate of drug-likeness (QED) is 0.789. The van der Waals surface area contributed by atoms with Crippen molar-refractivity contribution in [2.75, 3.05) is 0 Å². The number of aryl methyl sites for hydroxylation is 1. The van der Waals surface area contributed by atoms with Gasteiger partial charge in [-0.05, 0) is 18.9 Å². The average Bonchev–Trinajstić information content (AvgIpc) is 2.86. The van der Waals surface area contributed by atoms with Crippen molar-refractivity contribution in [2.45, 2.75) is 23.8 Å². The van der Waals surface area contributed by atoms with Gasteiger partial charge in [0.2, 0.25) is 10.0 Å². The molecule has 1 heterocycles. The molecule has 7 heteroatoms. The molecule has 98 valence electrons. The van der Waals surface area contributed by atoms with Crippen LogP contribution < -0.4 is 4.72 Å². The van der Waals surface area contributed by atoms with E-state index in [0.717, 1.165) is 6.07 Å². The molecule has 0 saturated carbocycles. The normalized spacial score (nSPS) is 16.3. The number of rotatable bonds is 4. The van der Waals surface area contributed by atoms with Gasteiger partial charge in [-0.2, -0.15) is 0 Å². The van der Waals surface area contributed by atoms with Crippen LogP contribution in [0.25, 0.3) is 0 Å². The van der Waals surface area contributed by atoms with Crippen molar-refractivity contribution in [3.05, 3.63) is 30.1 Å². The first-order valence-electron chi connectivity index (χ1n) is 5.47. The first-order chi connectivity index (χ1) is 8.40. The second kappa shape index (κ2) is 4.58. The van der Waals surface area contributed by atoms with Crippen LogP contribution in [0, 0.1) is 0 Å². The molecule has 0 aliphatic heterocycles. The minimum atomic E-state index is -3.65. The highest BCUT2D eigenvalue weighted by Crippen LogP contribution is 2.17. The van der Waals surface area contributed by atoms with Crippen molar-refractivity contribution in [1.82, 2.24) is 9.29 Å². The van der Waals surface area contributed by atoms with Gasteiger partial charge in [-0.15, -0.1) is 0 Å². The summed E-state index contributed by atoms with van der Waals surface area (Å²) in [6.07, 6.45) is 6.46. The van der Waals surface area contributed by atoms with Gasteiger partial charge in [0.15, 0.2) is 0 Å². The Morgan fingerprint density at radius 2 is 2.06 bits per heavy atom. The zero-order valence-corrected chi connectivity index (χ0v) is 10.6. The standard InChI is InChI=1S/C11H14N2O4S/c1-13-7-9(6-10(13)11(14)15)18(16,17)12-8-4-2-3-5-8/h2-3,6-8,12H,4-5H2,1H3,(H,14,15). The van der Waals surface area contributed by atoms with Crippen LogP contribution in [0.2, 0.25) is 0 Å². The van der Waals surface area contributed by atoms with Crippen molar-refractivity contribution in [2.24, 2.45) is 7.05 Å². The van der Waals surface area contributed by atoms with Gasteiger partial charge in [0.05, 0.1) is 0 Å². The molecule has 18 heavy (non-hydrogen) atoms. The molecular formula is C11H14N2O4S. The van der Waals surface area contributed by atoms with E-state index in [1.165, 1.54) is 17.8 Å². The highest BCUT2D eigenvalue weighted by molar-refractivity contribution is 7.89. The molecule has 6 nitrogen and oxygen atoms in total. The Kier molecular flexibility index (Phi) is 3.27. The van der Waals surface area contributed by atoms with Crippen molar-refractivity contribution in [3.8, 4) is 0 Å². The monoisotopic (exact) mass is 270 g/mol. The van der Waals surface area contributed by atoms with E-state index in [0.29, 0.717) is 12.8 Å². The molecule has 0 spiro atoms. The zero-order chi connectivity index (χ0) is 13.3. The van der Waals surface area contributed by atoms with E-state index in [1.807, 2.05) is 12.2 Å². The highest BCUT2D eigenvalue weighted by atomic mass is 32.2. The van der Waals surface area contributed by atoms with Crippen LogP contribution >= 0.6 is 0 Å². The lowest BCUT2D eigenvalue weighted by atomic mass is 10.3. The molecule has 0 saturated heterocycles. The maximum atomic E-state index is 12.0. The molecule has 0 atom stereocenters. The number of hydrogen-bond donors (Lipinski definition) is 2. The van der Waals surface area contributed by atoms with Crippen LogP contribution in [0.5, 0.6) is 0 Å². The van der Waals surface area contributed by atoms with Crippen LogP contribution in [0.4, 0.5) is 0 Å². The second-order valence-electron chi connectivity index (χ2n) is 4.24. The number of aromatic nitrogens is 1. The molecule has 0 aromatic carbocycles. The minimum Gasteiger partial charge on any atom is -0.477 e. The maximum absolute atomic E-state index is 12.0. The topological polar surface area (TPSA) is 88.4 Å². The van der Waals surface area contributed by atoms with E-state index in [2.05, 4.69) is 4.72 Å². The second-order valence-corrected chi connectivity index (χ2v) is 5.95. The Balaban J connectivity index is 2.24. The summed E-state index contributed by atoms with van der Waals surface area (Å²) in [5.41, 5.74) is -0.0556. The first-order valence-corrected chi connectivity index (χ1v) is 6.95. The number of sulfonamides is 1. The predicted octanol–water partition coefficient (Wildman–Crippen LogP) is 0.720. The number of hydrogen-bond acceptors (Lipinski definition) is 3.